The summed E-state index contributed by atoms with van der Waals surface area (Å²) in [5, 5.41) is 10.9. The highest BCUT2D eigenvalue weighted by molar-refractivity contribution is 7.89. The minimum absolute atomic E-state index is 0.110. The summed E-state index contributed by atoms with van der Waals surface area (Å²) in [5.74, 6) is -1.28. The molecule has 2 atom stereocenters. The quantitative estimate of drug-likeness (QED) is 0.136. The second-order valence-electron chi connectivity index (χ2n) is 12.1. The molecule has 1 saturated carbocycles. The molecule has 1 fully saturated rings. The summed E-state index contributed by atoms with van der Waals surface area (Å²) in [6.07, 6.45) is 0.221. The van der Waals surface area contributed by atoms with Gasteiger partial charge in [0, 0.05) is 48.1 Å². The lowest BCUT2D eigenvalue weighted by Gasteiger charge is -2.43. The molecule has 0 spiro atoms. The Labute approximate surface area is 319 Å². The first-order valence-corrected chi connectivity index (χ1v) is 19.5. The molecule has 3 aromatic carbocycles. The van der Waals surface area contributed by atoms with Gasteiger partial charge in [-0.3, -0.25) is 19.4 Å². The van der Waals surface area contributed by atoms with E-state index >= 15 is 0 Å². The van der Waals surface area contributed by atoms with E-state index in [0.29, 0.717) is 23.8 Å². The van der Waals surface area contributed by atoms with Gasteiger partial charge in [0.1, 0.15) is 17.0 Å². The first-order chi connectivity index (χ1) is 24.8. The van der Waals surface area contributed by atoms with Crippen LogP contribution in [-0.2, 0) is 35.6 Å². The third-order valence-electron chi connectivity index (χ3n) is 8.69. The van der Waals surface area contributed by atoms with Crippen LogP contribution in [0.2, 0.25) is 15.1 Å². The summed E-state index contributed by atoms with van der Waals surface area (Å²) in [7, 11) is -4.40. The average molecular weight is 798 g/mol. The normalized spacial score (nSPS) is 14.4. The molecular weight excluding hydrogens is 755 g/mol. The summed E-state index contributed by atoms with van der Waals surface area (Å²) < 4.78 is 41.0. The third-order valence-corrected chi connectivity index (χ3v) is 11.1. The van der Waals surface area contributed by atoms with Gasteiger partial charge >= 0.3 is 6.09 Å². The molecule has 0 bridgehead atoms. The molecule has 3 amide bonds. The van der Waals surface area contributed by atoms with Gasteiger partial charge in [-0.25, -0.2) is 17.9 Å². The van der Waals surface area contributed by atoms with E-state index < -0.39 is 52.8 Å². The Morgan fingerprint density at radius 2 is 1.52 bits per heavy atom. The number of amides is 3. The second-order valence-corrected chi connectivity index (χ2v) is 15.1. The van der Waals surface area contributed by atoms with Crippen LogP contribution in [0.3, 0.4) is 0 Å². The summed E-state index contributed by atoms with van der Waals surface area (Å²) in [6.45, 7) is 5.04. The number of nitrogens with one attached hydrogen (secondary N) is 1. The van der Waals surface area contributed by atoms with Crippen LogP contribution in [0.25, 0.3) is 0 Å². The molecule has 282 valence electrons. The Hall–Kier alpha value is -3.43. The fraction of sp³-hybridized carbons (Fsp3) is 0.417. The van der Waals surface area contributed by atoms with E-state index in [4.69, 9.17) is 44.3 Å². The van der Waals surface area contributed by atoms with E-state index in [1.807, 2.05) is 13.8 Å². The maximum absolute atomic E-state index is 15.0. The molecule has 0 aliphatic heterocycles. The van der Waals surface area contributed by atoms with Gasteiger partial charge in [0.25, 0.3) is 5.91 Å². The Bertz CT molecular complexity index is 1780. The maximum atomic E-state index is 15.0. The monoisotopic (exact) mass is 796 g/mol. The molecule has 12 nitrogen and oxygen atoms in total. The van der Waals surface area contributed by atoms with Gasteiger partial charge in [-0.05, 0) is 88.1 Å². The molecule has 52 heavy (non-hydrogen) atoms. The van der Waals surface area contributed by atoms with Crippen molar-refractivity contribution in [2.24, 2.45) is 0 Å². The first-order valence-electron chi connectivity index (χ1n) is 16.9. The predicted molar refractivity (Wildman–Crippen MR) is 200 cm³/mol. The van der Waals surface area contributed by atoms with Crippen molar-refractivity contribution in [2.75, 3.05) is 31.2 Å². The fourth-order valence-corrected chi connectivity index (χ4v) is 7.77. The Morgan fingerprint density at radius 3 is 2.06 bits per heavy atom. The lowest BCUT2D eigenvalue weighted by atomic mass is 9.90. The molecule has 2 N–H and O–H groups in total. The van der Waals surface area contributed by atoms with Crippen LogP contribution in [0.4, 0.5) is 10.5 Å². The number of carboxylic acid groups (broad SMARTS) is 1. The molecule has 1 aliphatic carbocycles. The maximum Gasteiger partial charge on any atom is 0.408 e. The summed E-state index contributed by atoms with van der Waals surface area (Å²) in [4.78, 5) is 45.8. The van der Waals surface area contributed by atoms with Crippen molar-refractivity contribution in [3.05, 3.63) is 93.4 Å². The molecule has 0 heterocycles. The number of benzene rings is 3. The Morgan fingerprint density at radius 1 is 0.904 bits per heavy atom. The SMILES string of the molecule is CCOC(CN(C(=O)C(C)N(C(=O)C(CNS(=O)(=O)c1ccc(Cl)cc1Cl)N(Cc1ccccc1)C(=O)O)c1ccc(Cl)cc1)C1CCC1)OCC. The Kier molecular flexibility index (Phi) is 15.1. The molecule has 0 saturated heterocycles. The lowest BCUT2D eigenvalue weighted by molar-refractivity contribution is -0.166. The van der Waals surface area contributed by atoms with Crippen LogP contribution >= 0.6 is 34.8 Å². The van der Waals surface area contributed by atoms with Gasteiger partial charge in [0.2, 0.25) is 15.9 Å². The van der Waals surface area contributed by atoms with Gasteiger partial charge < -0.3 is 19.5 Å². The molecule has 1 aliphatic rings. The number of rotatable bonds is 18. The first kappa shape index (κ1) is 41.3. The van der Waals surface area contributed by atoms with Crippen LogP contribution in [-0.4, -0.2) is 92.0 Å². The molecule has 4 rings (SSSR count). The number of carbonyl (C=O) groups is 3. The standard InChI is InChI=1S/C36H43Cl3N4O8S/c1-4-50-33(51-5-2)23-41(28-12-9-13-28)34(44)24(3)43(29-17-14-26(37)15-18-29)35(45)31(42(36(46)47)22-25-10-7-6-8-11-25)21-40-52(48,49)32-19-16-27(38)20-30(32)39/h6-8,10-11,14-20,24,28,31,33,40H,4-5,9,12-13,21-23H2,1-3H3,(H,46,47). The molecule has 16 heteroatoms. The van der Waals surface area contributed by atoms with E-state index in [1.54, 1.807) is 42.2 Å². The van der Waals surface area contributed by atoms with E-state index in [1.165, 1.54) is 47.4 Å². The van der Waals surface area contributed by atoms with Crippen LogP contribution in [0, 0.1) is 0 Å². The predicted octanol–water partition coefficient (Wildman–Crippen LogP) is 6.68. The zero-order valence-electron chi connectivity index (χ0n) is 29.1. The van der Waals surface area contributed by atoms with Gasteiger partial charge in [0.15, 0.2) is 6.29 Å². The minimum atomic E-state index is -4.40. The van der Waals surface area contributed by atoms with E-state index in [2.05, 4.69) is 4.72 Å². The number of sulfonamides is 1. The van der Waals surface area contributed by atoms with E-state index in [0.717, 1.165) is 24.2 Å². The van der Waals surface area contributed by atoms with Crippen molar-refractivity contribution in [2.45, 2.75) is 75.9 Å². The number of hydrogen-bond donors (Lipinski definition) is 2. The van der Waals surface area contributed by atoms with Crippen LogP contribution < -0.4 is 9.62 Å². The number of nitrogens with zero attached hydrogens (tertiary/aromatic N) is 3. The van der Waals surface area contributed by atoms with Crippen molar-refractivity contribution >= 4 is 68.4 Å². The van der Waals surface area contributed by atoms with Gasteiger partial charge in [-0.1, -0.05) is 65.1 Å². The molecule has 0 aromatic heterocycles. The number of hydrogen-bond acceptors (Lipinski definition) is 7. The van der Waals surface area contributed by atoms with Crippen LogP contribution in [0.5, 0.6) is 0 Å². The highest BCUT2D eigenvalue weighted by Gasteiger charge is 2.41. The van der Waals surface area contributed by atoms with Crippen LogP contribution in [0.15, 0.2) is 77.7 Å². The zero-order chi connectivity index (χ0) is 38.0. The summed E-state index contributed by atoms with van der Waals surface area (Å²) in [5.41, 5.74) is 0.788. The van der Waals surface area contributed by atoms with E-state index in [-0.39, 0.29) is 39.8 Å². The van der Waals surface area contributed by atoms with Crippen molar-refractivity contribution < 1.29 is 37.4 Å². The van der Waals surface area contributed by atoms with Gasteiger partial charge in [-0.15, -0.1) is 0 Å². The number of halogens is 3. The number of carbonyl (C=O) groups excluding carboxylic acids is 2. The fourth-order valence-electron chi connectivity index (χ4n) is 5.84. The van der Waals surface area contributed by atoms with E-state index in [9.17, 15) is 27.9 Å². The Balaban J connectivity index is 1.79. The van der Waals surface area contributed by atoms with Gasteiger partial charge in [-0.2, -0.15) is 0 Å². The molecule has 2 unspecified atom stereocenters. The zero-order valence-corrected chi connectivity index (χ0v) is 32.2. The minimum Gasteiger partial charge on any atom is -0.465 e. The molecule has 0 radical (unpaired) electrons. The number of anilines is 1. The van der Waals surface area contributed by atoms with Crippen molar-refractivity contribution in [1.82, 2.24) is 14.5 Å². The molecular formula is C36H43Cl3N4O8S. The topological polar surface area (TPSA) is 146 Å². The van der Waals surface area contributed by atoms with Crippen molar-refractivity contribution in [3.63, 3.8) is 0 Å². The smallest absolute Gasteiger partial charge is 0.408 e. The highest BCUT2D eigenvalue weighted by Crippen LogP contribution is 2.30. The number of ether oxygens (including phenoxy) is 2. The summed E-state index contributed by atoms with van der Waals surface area (Å²) in [6, 6.07) is 15.5. The lowest BCUT2D eigenvalue weighted by Crippen LogP contribution is -2.61. The van der Waals surface area contributed by atoms with Gasteiger partial charge in [0.05, 0.1) is 11.6 Å². The third kappa shape index (κ3) is 10.6. The highest BCUT2D eigenvalue weighted by atomic mass is 35.5. The van der Waals surface area contributed by atoms with Crippen molar-refractivity contribution in [1.29, 1.82) is 0 Å². The molecule has 3 aromatic rings. The summed E-state index contributed by atoms with van der Waals surface area (Å²) >= 11 is 18.4. The second kappa shape index (κ2) is 19.1. The van der Waals surface area contributed by atoms with Crippen molar-refractivity contribution in [3.8, 4) is 0 Å². The average Bonchev–Trinajstić information content (AvgIpc) is 3.07. The van der Waals surface area contributed by atoms with Crippen LogP contribution in [0.1, 0.15) is 45.6 Å². The largest absolute Gasteiger partial charge is 0.465 e.